The molecule has 0 radical (unpaired) electrons. The zero-order valence-corrected chi connectivity index (χ0v) is 10.9. The van der Waals surface area contributed by atoms with Crippen LogP contribution in [-0.4, -0.2) is 24.2 Å². The molecular formula is C12H18ClNO3. The molecule has 96 valence electrons. The molecule has 0 atom stereocenters. The van der Waals surface area contributed by atoms with Crippen LogP contribution in [0.25, 0.3) is 0 Å². The normalized spacial score (nSPS) is 11.5. The Balaban J connectivity index is 2.62. The largest absolute Gasteiger partial charge is 0.452 e. The van der Waals surface area contributed by atoms with Gasteiger partial charge < -0.3 is 14.8 Å². The number of carbonyl (C=O) groups excluding carboxylic acids is 1. The molecular weight excluding hydrogens is 242 g/mol. The van der Waals surface area contributed by atoms with Crippen molar-refractivity contribution < 1.29 is 14.3 Å². The Hall–Kier alpha value is -1.00. The summed E-state index contributed by atoms with van der Waals surface area (Å²) in [7, 11) is 0. The van der Waals surface area contributed by atoms with Gasteiger partial charge in [0.15, 0.2) is 0 Å². The van der Waals surface area contributed by atoms with E-state index in [1.807, 2.05) is 13.8 Å². The van der Waals surface area contributed by atoms with Crippen LogP contribution in [0.1, 0.15) is 37.0 Å². The number of halogens is 1. The Bertz CT molecular complexity index is 363. The van der Waals surface area contributed by atoms with Crippen LogP contribution in [0.2, 0.25) is 5.22 Å². The first-order valence-electron chi connectivity index (χ1n) is 5.70. The second-order valence-electron chi connectivity index (χ2n) is 4.16. The van der Waals surface area contributed by atoms with Crippen molar-refractivity contribution in [1.29, 1.82) is 0 Å². The predicted octanol–water partition coefficient (Wildman–Crippen LogP) is 2.46. The fourth-order valence-electron chi connectivity index (χ4n) is 1.60. The molecule has 0 aromatic carbocycles. The topological polar surface area (TPSA) is 62.5 Å². The predicted molar refractivity (Wildman–Crippen MR) is 66.2 cm³/mol. The van der Waals surface area contributed by atoms with Gasteiger partial charge in [0, 0.05) is 12.0 Å². The maximum atomic E-state index is 11.8. The SMILES string of the molecule is CCC(CC)(CO)CNC(=O)c1ccoc1Cl. The van der Waals surface area contributed by atoms with Gasteiger partial charge in [0.25, 0.3) is 5.91 Å². The lowest BCUT2D eigenvalue weighted by Gasteiger charge is -2.29. The molecule has 1 rings (SSSR count). The molecule has 1 aromatic rings. The van der Waals surface area contributed by atoms with E-state index in [1.165, 1.54) is 12.3 Å². The van der Waals surface area contributed by atoms with Crippen molar-refractivity contribution in [3.8, 4) is 0 Å². The van der Waals surface area contributed by atoms with Gasteiger partial charge in [-0.05, 0) is 30.5 Å². The number of nitrogens with one attached hydrogen (secondary N) is 1. The van der Waals surface area contributed by atoms with E-state index in [0.29, 0.717) is 12.1 Å². The summed E-state index contributed by atoms with van der Waals surface area (Å²) >= 11 is 5.71. The van der Waals surface area contributed by atoms with Crippen molar-refractivity contribution in [2.45, 2.75) is 26.7 Å². The van der Waals surface area contributed by atoms with Crippen LogP contribution in [0, 0.1) is 5.41 Å². The van der Waals surface area contributed by atoms with Gasteiger partial charge in [0.2, 0.25) is 5.22 Å². The summed E-state index contributed by atoms with van der Waals surface area (Å²) in [5.41, 5.74) is 0.0667. The van der Waals surface area contributed by atoms with Crippen LogP contribution in [0.15, 0.2) is 16.7 Å². The maximum Gasteiger partial charge on any atom is 0.256 e. The smallest absolute Gasteiger partial charge is 0.256 e. The van der Waals surface area contributed by atoms with Crippen LogP contribution >= 0.6 is 11.6 Å². The number of aliphatic hydroxyl groups excluding tert-OH is 1. The molecule has 17 heavy (non-hydrogen) atoms. The minimum absolute atomic E-state index is 0.0550. The van der Waals surface area contributed by atoms with E-state index >= 15 is 0 Å². The fraction of sp³-hybridized carbons (Fsp3) is 0.583. The molecule has 1 aromatic heterocycles. The van der Waals surface area contributed by atoms with Gasteiger partial charge in [-0.1, -0.05) is 13.8 Å². The minimum Gasteiger partial charge on any atom is -0.452 e. The van der Waals surface area contributed by atoms with Gasteiger partial charge in [-0.3, -0.25) is 4.79 Å². The summed E-state index contributed by atoms with van der Waals surface area (Å²) < 4.78 is 4.85. The molecule has 0 aliphatic heterocycles. The molecule has 0 aliphatic rings. The quantitative estimate of drug-likeness (QED) is 0.825. The summed E-state index contributed by atoms with van der Waals surface area (Å²) in [6.45, 7) is 4.48. The Kier molecular flexibility index (Phi) is 5.02. The van der Waals surface area contributed by atoms with E-state index in [9.17, 15) is 9.90 Å². The zero-order chi connectivity index (χ0) is 12.9. The number of aliphatic hydroxyl groups is 1. The van der Waals surface area contributed by atoms with Gasteiger partial charge in [0.1, 0.15) is 0 Å². The van der Waals surface area contributed by atoms with Crippen LogP contribution in [0.5, 0.6) is 0 Å². The number of furan rings is 1. The standard InChI is InChI=1S/C12H18ClNO3/c1-3-12(4-2,8-15)7-14-11(16)9-5-6-17-10(9)13/h5-6,15H,3-4,7-8H2,1-2H3,(H,14,16). The zero-order valence-electron chi connectivity index (χ0n) is 10.1. The van der Waals surface area contributed by atoms with E-state index in [4.69, 9.17) is 16.0 Å². The van der Waals surface area contributed by atoms with Crippen LogP contribution in [-0.2, 0) is 0 Å². The third kappa shape index (κ3) is 3.23. The molecule has 0 saturated heterocycles. The Morgan fingerprint density at radius 2 is 2.18 bits per heavy atom. The van der Waals surface area contributed by atoms with E-state index in [0.717, 1.165) is 12.8 Å². The third-order valence-corrected chi connectivity index (χ3v) is 3.61. The average molecular weight is 260 g/mol. The van der Waals surface area contributed by atoms with Crippen LogP contribution in [0.4, 0.5) is 0 Å². The lowest BCUT2D eigenvalue weighted by molar-refractivity contribution is 0.0850. The van der Waals surface area contributed by atoms with Gasteiger partial charge in [0.05, 0.1) is 18.4 Å². The van der Waals surface area contributed by atoms with Gasteiger partial charge in [-0.15, -0.1) is 0 Å². The van der Waals surface area contributed by atoms with Crippen molar-refractivity contribution in [1.82, 2.24) is 5.32 Å². The number of hydrogen-bond acceptors (Lipinski definition) is 3. The summed E-state index contributed by atoms with van der Waals surface area (Å²) in [5, 5.41) is 12.2. The van der Waals surface area contributed by atoms with Crippen molar-refractivity contribution in [2.75, 3.05) is 13.2 Å². The summed E-state index contributed by atoms with van der Waals surface area (Å²) in [5.74, 6) is -0.275. The Morgan fingerprint density at radius 3 is 2.59 bits per heavy atom. The fourth-order valence-corrected chi connectivity index (χ4v) is 1.80. The molecule has 0 saturated carbocycles. The molecule has 1 amide bonds. The van der Waals surface area contributed by atoms with Crippen molar-refractivity contribution >= 4 is 17.5 Å². The summed E-state index contributed by atoms with van der Waals surface area (Å²) in [6, 6.07) is 1.52. The molecule has 1 heterocycles. The van der Waals surface area contributed by atoms with E-state index < -0.39 is 0 Å². The maximum absolute atomic E-state index is 11.8. The van der Waals surface area contributed by atoms with Crippen LogP contribution < -0.4 is 5.32 Å². The lowest BCUT2D eigenvalue weighted by atomic mass is 9.83. The highest BCUT2D eigenvalue weighted by Crippen LogP contribution is 2.25. The Labute approximate surface area is 106 Å². The minimum atomic E-state index is -0.275. The van der Waals surface area contributed by atoms with Crippen LogP contribution in [0.3, 0.4) is 0 Å². The highest BCUT2D eigenvalue weighted by atomic mass is 35.5. The molecule has 0 unspecified atom stereocenters. The molecule has 2 N–H and O–H groups in total. The van der Waals surface area contributed by atoms with Crippen molar-refractivity contribution in [3.63, 3.8) is 0 Å². The second-order valence-corrected chi connectivity index (χ2v) is 4.50. The molecule has 0 spiro atoms. The van der Waals surface area contributed by atoms with Gasteiger partial charge in [-0.25, -0.2) is 0 Å². The number of rotatable bonds is 6. The van der Waals surface area contributed by atoms with Crippen molar-refractivity contribution in [2.24, 2.45) is 5.41 Å². The molecule has 0 aliphatic carbocycles. The summed E-state index contributed by atoms with van der Waals surface area (Å²) in [4.78, 5) is 11.8. The van der Waals surface area contributed by atoms with E-state index in [2.05, 4.69) is 5.32 Å². The number of amides is 1. The average Bonchev–Trinajstić information content (AvgIpc) is 2.78. The van der Waals surface area contributed by atoms with Gasteiger partial charge in [-0.2, -0.15) is 0 Å². The first-order chi connectivity index (χ1) is 8.08. The summed E-state index contributed by atoms with van der Waals surface area (Å²) in [6.07, 6.45) is 2.98. The molecule has 0 bridgehead atoms. The van der Waals surface area contributed by atoms with Crippen molar-refractivity contribution in [3.05, 3.63) is 23.1 Å². The van der Waals surface area contributed by atoms with Gasteiger partial charge >= 0.3 is 0 Å². The lowest BCUT2D eigenvalue weighted by Crippen LogP contribution is -2.39. The monoisotopic (exact) mass is 259 g/mol. The first kappa shape index (κ1) is 14.1. The molecule has 0 fully saturated rings. The molecule has 5 heteroatoms. The second kappa shape index (κ2) is 6.07. The van der Waals surface area contributed by atoms with E-state index in [1.54, 1.807) is 0 Å². The highest BCUT2D eigenvalue weighted by molar-refractivity contribution is 6.32. The highest BCUT2D eigenvalue weighted by Gasteiger charge is 2.26. The number of carbonyl (C=O) groups is 1. The number of hydrogen-bond donors (Lipinski definition) is 2. The van der Waals surface area contributed by atoms with E-state index in [-0.39, 0.29) is 23.1 Å². The first-order valence-corrected chi connectivity index (χ1v) is 6.08. The molecule has 4 nitrogen and oxygen atoms in total. The Morgan fingerprint density at radius 1 is 1.53 bits per heavy atom. The third-order valence-electron chi connectivity index (χ3n) is 3.32.